The molecule has 1 aromatic heterocycles. The lowest BCUT2D eigenvalue weighted by Crippen LogP contribution is -2.40. The Morgan fingerprint density at radius 3 is 2.58 bits per heavy atom. The van der Waals surface area contributed by atoms with Crippen LogP contribution in [0, 0.1) is 0 Å². The lowest BCUT2D eigenvalue weighted by Gasteiger charge is -2.39. The fourth-order valence-electron chi connectivity index (χ4n) is 4.70. The van der Waals surface area contributed by atoms with Crippen molar-refractivity contribution in [3.63, 3.8) is 0 Å². The van der Waals surface area contributed by atoms with Crippen LogP contribution < -0.4 is 11.4 Å². The van der Waals surface area contributed by atoms with Crippen molar-refractivity contribution < 1.29 is 14.7 Å². The van der Waals surface area contributed by atoms with Crippen molar-refractivity contribution in [3.05, 3.63) is 82.6 Å². The molecule has 31 heavy (non-hydrogen) atoms. The molecule has 0 saturated carbocycles. The molecule has 10 heteroatoms. The van der Waals surface area contributed by atoms with Gasteiger partial charge in [-0.2, -0.15) is 0 Å². The maximum absolute atomic E-state index is 13.0. The molecule has 0 unspecified atom stereocenters. The van der Waals surface area contributed by atoms with Crippen molar-refractivity contribution in [3.8, 4) is 5.75 Å². The Morgan fingerprint density at radius 1 is 1.10 bits per heavy atom. The quantitative estimate of drug-likeness (QED) is 0.435. The highest BCUT2D eigenvalue weighted by Gasteiger charge is 2.45. The van der Waals surface area contributed by atoms with E-state index in [1.54, 1.807) is 12.1 Å². The average Bonchev–Trinajstić information content (AvgIpc) is 2.96. The number of benzene rings is 1. The van der Waals surface area contributed by atoms with Crippen molar-refractivity contribution in [1.82, 2.24) is 13.9 Å². The molecule has 3 aliphatic rings. The van der Waals surface area contributed by atoms with E-state index in [1.807, 2.05) is 6.08 Å². The van der Waals surface area contributed by atoms with Gasteiger partial charge in [-0.15, -0.1) is 0 Å². The summed E-state index contributed by atoms with van der Waals surface area (Å²) in [5, 5.41) is 10.7. The zero-order valence-corrected chi connectivity index (χ0v) is 19.3. The molecule has 0 fully saturated rings. The van der Waals surface area contributed by atoms with Crippen LogP contribution in [0.1, 0.15) is 23.9 Å². The minimum Gasteiger partial charge on any atom is -0.508 e. The molecular formula is C21H15Br2N3O5. The second-order valence-electron chi connectivity index (χ2n) is 7.69. The summed E-state index contributed by atoms with van der Waals surface area (Å²) in [6.45, 7) is 0.149. The minimum absolute atomic E-state index is 0.0289. The molecule has 2 heterocycles. The fraction of sp³-hybridized carbons (Fsp3) is 0.238. The van der Waals surface area contributed by atoms with Crippen LogP contribution in [0.25, 0.3) is 0 Å². The van der Waals surface area contributed by atoms with E-state index in [0.29, 0.717) is 21.2 Å². The zero-order chi connectivity index (χ0) is 22.2. The summed E-state index contributed by atoms with van der Waals surface area (Å²) in [6.07, 6.45) is 3.16. The summed E-state index contributed by atoms with van der Waals surface area (Å²) >= 11 is 6.57. The lowest BCUT2D eigenvalue weighted by molar-refractivity contribution is -0.115. The molecule has 1 N–H and O–H groups in total. The van der Waals surface area contributed by atoms with Gasteiger partial charge in [-0.3, -0.25) is 9.59 Å². The number of hydrogen-bond acceptors (Lipinski definition) is 5. The molecule has 5 rings (SSSR count). The summed E-state index contributed by atoms with van der Waals surface area (Å²) in [6, 6.07) is 4.26. The summed E-state index contributed by atoms with van der Waals surface area (Å²) in [5.41, 5.74) is 0.782. The monoisotopic (exact) mass is 547 g/mol. The Morgan fingerprint density at radius 2 is 1.84 bits per heavy atom. The number of nitrogens with zero attached hydrogens (tertiary/aromatic N) is 3. The molecule has 0 amide bonds. The van der Waals surface area contributed by atoms with E-state index < -0.39 is 23.3 Å². The van der Waals surface area contributed by atoms with Crippen LogP contribution in [0.4, 0.5) is 0 Å². The number of carbonyl (C=O) groups is 2. The van der Waals surface area contributed by atoms with Gasteiger partial charge in [0, 0.05) is 46.6 Å². The number of aromatic nitrogens is 3. The summed E-state index contributed by atoms with van der Waals surface area (Å²) in [7, 11) is 1.41. The normalized spacial score (nSPS) is 22.5. The van der Waals surface area contributed by atoms with E-state index in [2.05, 4.69) is 31.9 Å². The number of carbonyl (C=O) groups excluding carboxylic acids is 2. The molecule has 0 radical (unpaired) electrons. The molecular weight excluding hydrogens is 534 g/mol. The van der Waals surface area contributed by atoms with Crippen molar-refractivity contribution in [1.29, 1.82) is 0 Å². The number of Topliss-reactive ketones (excluding diaryl/α,β-unsaturated/α-hetero) is 1. The van der Waals surface area contributed by atoms with Gasteiger partial charge in [-0.1, -0.05) is 22.0 Å². The van der Waals surface area contributed by atoms with Gasteiger partial charge < -0.3 is 5.11 Å². The molecule has 2 aliphatic carbocycles. The Labute approximate surface area is 192 Å². The van der Waals surface area contributed by atoms with Gasteiger partial charge >= 0.3 is 11.4 Å². The number of rotatable bonds is 1. The molecule has 0 spiro atoms. The van der Waals surface area contributed by atoms with Crippen molar-refractivity contribution in [2.24, 2.45) is 7.05 Å². The highest BCUT2D eigenvalue weighted by molar-refractivity contribution is 9.12. The SMILES string of the molecule is Cn1c(=O)n2n(c1=O)[C@@H]1CC3=C(C(=O)C=C(Br)C3=O)[C@@H](c3cc(Br)ccc3O)C1=CC2. The predicted molar refractivity (Wildman–Crippen MR) is 118 cm³/mol. The van der Waals surface area contributed by atoms with Crippen molar-refractivity contribution in [2.75, 3.05) is 0 Å². The molecule has 2 atom stereocenters. The van der Waals surface area contributed by atoms with Gasteiger partial charge in [-0.05, 0) is 39.7 Å². The Bertz CT molecular complexity index is 1420. The second kappa shape index (κ2) is 6.89. The van der Waals surface area contributed by atoms with Crippen LogP contribution in [-0.4, -0.2) is 30.6 Å². The first kappa shape index (κ1) is 20.2. The third kappa shape index (κ3) is 2.77. The third-order valence-electron chi connectivity index (χ3n) is 6.09. The largest absolute Gasteiger partial charge is 0.508 e. The van der Waals surface area contributed by atoms with E-state index in [0.717, 1.165) is 4.57 Å². The molecule has 2 aromatic rings. The first-order valence-corrected chi connectivity index (χ1v) is 11.0. The summed E-state index contributed by atoms with van der Waals surface area (Å²) in [4.78, 5) is 51.4. The highest BCUT2D eigenvalue weighted by atomic mass is 79.9. The van der Waals surface area contributed by atoms with Crippen LogP contribution in [0.15, 0.2) is 65.6 Å². The fourth-order valence-corrected chi connectivity index (χ4v) is 5.53. The molecule has 8 nitrogen and oxygen atoms in total. The number of ketones is 2. The van der Waals surface area contributed by atoms with Crippen LogP contribution in [0.2, 0.25) is 0 Å². The molecule has 0 saturated heterocycles. The van der Waals surface area contributed by atoms with E-state index >= 15 is 0 Å². The van der Waals surface area contributed by atoms with E-state index in [-0.39, 0.29) is 40.3 Å². The second-order valence-corrected chi connectivity index (χ2v) is 9.46. The van der Waals surface area contributed by atoms with Gasteiger partial charge in [0.15, 0.2) is 11.6 Å². The number of fused-ring (bicyclic) bond motifs is 3. The van der Waals surface area contributed by atoms with Gasteiger partial charge in [0.05, 0.1) is 17.1 Å². The summed E-state index contributed by atoms with van der Waals surface area (Å²) in [5.74, 6) is -1.42. The van der Waals surface area contributed by atoms with Gasteiger partial charge in [0.25, 0.3) is 0 Å². The Balaban J connectivity index is 1.82. The van der Waals surface area contributed by atoms with Gasteiger partial charge in [-0.25, -0.2) is 23.5 Å². The van der Waals surface area contributed by atoms with E-state index in [1.165, 1.54) is 28.6 Å². The molecule has 1 aliphatic heterocycles. The van der Waals surface area contributed by atoms with Crippen molar-refractivity contribution >= 4 is 43.4 Å². The number of halogens is 2. The topological polar surface area (TPSA) is 103 Å². The number of phenols is 1. The zero-order valence-electron chi connectivity index (χ0n) is 16.1. The first-order chi connectivity index (χ1) is 14.7. The third-order valence-corrected chi connectivity index (χ3v) is 7.17. The Kier molecular flexibility index (Phi) is 4.49. The van der Waals surface area contributed by atoms with Gasteiger partial charge in [0.1, 0.15) is 5.75 Å². The maximum atomic E-state index is 13.0. The molecule has 0 bridgehead atoms. The number of phenolic OH excluding ortho intramolecular Hbond substituents is 1. The maximum Gasteiger partial charge on any atom is 0.347 e. The predicted octanol–water partition coefficient (Wildman–Crippen LogP) is 2.21. The highest BCUT2D eigenvalue weighted by Crippen LogP contribution is 2.51. The Hall–Kier alpha value is -2.72. The standard InChI is InChI=1S/C21H15Br2N3O5/c1-24-20(30)25-5-4-10-14(26(25)21(24)31)7-12-18(16(28)8-13(23)19(12)29)17(10)11-6-9(22)2-3-15(11)27/h2-4,6,8,14,17,27H,5,7H2,1H3/t14-,17-/m1/s1. The average molecular weight is 549 g/mol. The molecule has 158 valence electrons. The molecule has 1 aromatic carbocycles. The lowest BCUT2D eigenvalue weighted by atomic mass is 9.68. The minimum atomic E-state index is -0.726. The smallest absolute Gasteiger partial charge is 0.347 e. The number of allylic oxidation sites excluding steroid dienone is 6. The van der Waals surface area contributed by atoms with E-state index in [9.17, 15) is 24.3 Å². The summed E-state index contributed by atoms with van der Waals surface area (Å²) < 4.78 is 4.55. The van der Waals surface area contributed by atoms with Crippen LogP contribution in [0.5, 0.6) is 5.75 Å². The van der Waals surface area contributed by atoms with Crippen LogP contribution in [-0.2, 0) is 23.2 Å². The van der Waals surface area contributed by atoms with Crippen molar-refractivity contribution in [2.45, 2.75) is 24.9 Å². The van der Waals surface area contributed by atoms with E-state index in [4.69, 9.17) is 0 Å². The van der Waals surface area contributed by atoms with Crippen LogP contribution in [0.3, 0.4) is 0 Å². The first-order valence-electron chi connectivity index (χ1n) is 9.46. The number of hydrogen-bond donors (Lipinski definition) is 1. The van der Waals surface area contributed by atoms with Crippen LogP contribution >= 0.6 is 31.9 Å². The number of aromatic hydroxyl groups is 1. The van der Waals surface area contributed by atoms with Gasteiger partial charge in [0.2, 0.25) is 0 Å².